The average Bonchev–Trinajstić information content (AvgIpc) is 2.25. The first kappa shape index (κ1) is 13.2. The molecule has 1 aliphatic rings. The van der Waals surface area contributed by atoms with Gasteiger partial charge in [0.05, 0.1) is 18.8 Å². The Balaban J connectivity index is 2.18. The third kappa shape index (κ3) is 4.68. The zero-order chi connectivity index (χ0) is 11.1. The molecule has 1 rings (SSSR count). The molecular formula is C11H22ClNO2. The summed E-state index contributed by atoms with van der Waals surface area (Å²) < 4.78 is 10.9. The third-order valence-electron chi connectivity index (χ3n) is 3.00. The number of piperidine rings is 1. The summed E-state index contributed by atoms with van der Waals surface area (Å²) in [6.45, 7) is 6.75. The van der Waals surface area contributed by atoms with Gasteiger partial charge in [-0.1, -0.05) is 0 Å². The molecule has 1 fully saturated rings. The van der Waals surface area contributed by atoms with E-state index < -0.39 is 0 Å². The standard InChI is InChI=1S/C11H22ClNO2/c1-11(14-2)4-3-6-13(10-11)7-9-15-8-5-12/h3-10H2,1-2H3. The highest BCUT2D eigenvalue weighted by molar-refractivity contribution is 6.17. The summed E-state index contributed by atoms with van der Waals surface area (Å²) in [5.41, 5.74) is 0.0325. The van der Waals surface area contributed by atoms with Crippen molar-refractivity contribution in [2.45, 2.75) is 25.4 Å². The molecule has 1 atom stereocenters. The molecule has 3 nitrogen and oxygen atoms in total. The summed E-state index contributed by atoms with van der Waals surface area (Å²) in [7, 11) is 1.80. The van der Waals surface area contributed by atoms with Crippen molar-refractivity contribution in [3.05, 3.63) is 0 Å². The number of alkyl halides is 1. The van der Waals surface area contributed by atoms with Crippen LogP contribution < -0.4 is 0 Å². The minimum absolute atomic E-state index is 0.0325. The average molecular weight is 236 g/mol. The smallest absolute Gasteiger partial charge is 0.0777 e. The molecule has 4 heteroatoms. The van der Waals surface area contributed by atoms with Crippen LogP contribution in [0.5, 0.6) is 0 Å². The predicted molar refractivity (Wildman–Crippen MR) is 62.6 cm³/mol. The van der Waals surface area contributed by atoms with Gasteiger partial charge in [0.25, 0.3) is 0 Å². The van der Waals surface area contributed by atoms with Crippen LogP contribution in [0.1, 0.15) is 19.8 Å². The molecule has 0 spiro atoms. The topological polar surface area (TPSA) is 21.7 Å². The van der Waals surface area contributed by atoms with E-state index in [1.165, 1.54) is 6.42 Å². The maximum atomic E-state index is 5.53. The monoisotopic (exact) mass is 235 g/mol. The highest BCUT2D eigenvalue weighted by Crippen LogP contribution is 2.23. The van der Waals surface area contributed by atoms with Gasteiger partial charge in [-0.25, -0.2) is 0 Å². The summed E-state index contributed by atoms with van der Waals surface area (Å²) in [5, 5.41) is 0. The number of methoxy groups -OCH3 is 1. The predicted octanol–water partition coefficient (Wildman–Crippen LogP) is 1.74. The normalized spacial score (nSPS) is 28.2. The Bertz CT molecular complexity index is 180. The van der Waals surface area contributed by atoms with Crippen molar-refractivity contribution in [2.75, 3.05) is 45.8 Å². The molecular weight excluding hydrogens is 214 g/mol. The quantitative estimate of drug-likeness (QED) is 0.517. The molecule has 0 aromatic carbocycles. The number of rotatable bonds is 6. The van der Waals surface area contributed by atoms with Crippen LogP contribution in [0.4, 0.5) is 0 Å². The molecule has 0 aromatic heterocycles. The number of likely N-dealkylation sites (tertiary alicyclic amines) is 1. The van der Waals surface area contributed by atoms with E-state index in [2.05, 4.69) is 11.8 Å². The van der Waals surface area contributed by atoms with Gasteiger partial charge in [-0.2, -0.15) is 0 Å². The first-order valence-corrected chi connectivity index (χ1v) is 6.15. The number of hydrogen-bond donors (Lipinski definition) is 0. The van der Waals surface area contributed by atoms with Crippen molar-refractivity contribution in [2.24, 2.45) is 0 Å². The highest BCUT2D eigenvalue weighted by atomic mass is 35.5. The van der Waals surface area contributed by atoms with Crippen molar-refractivity contribution in [1.29, 1.82) is 0 Å². The van der Waals surface area contributed by atoms with Crippen LogP contribution in [-0.4, -0.2) is 56.3 Å². The van der Waals surface area contributed by atoms with Gasteiger partial charge in [0.2, 0.25) is 0 Å². The van der Waals surface area contributed by atoms with Gasteiger partial charge in [0.1, 0.15) is 0 Å². The lowest BCUT2D eigenvalue weighted by Gasteiger charge is -2.39. The summed E-state index contributed by atoms with van der Waals surface area (Å²) in [5.74, 6) is 0.579. The van der Waals surface area contributed by atoms with Crippen LogP contribution >= 0.6 is 11.6 Å². The summed E-state index contributed by atoms with van der Waals surface area (Å²) >= 11 is 5.53. The SMILES string of the molecule is COC1(C)CCCN(CCOCCCl)C1. The third-order valence-corrected chi connectivity index (χ3v) is 3.16. The number of nitrogens with zero attached hydrogens (tertiary/aromatic N) is 1. The molecule has 1 heterocycles. The molecule has 1 unspecified atom stereocenters. The Labute approximate surface area is 97.7 Å². The molecule has 1 saturated heterocycles. The Morgan fingerprint density at radius 1 is 1.40 bits per heavy atom. The van der Waals surface area contributed by atoms with Gasteiger partial charge in [-0.15, -0.1) is 11.6 Å². The second kappa shape index (κ2) is 6.69. The van der Waals surface area contributed by atoms with E-state index in [9.17, 15) is 0 Å². The maximum absolute atomic E-state index is 5.53. The van der Waals surface area contributed by atoms with Crippen LogP contribution in [0.3, 0.4) is 0 Å². The zero-order valence-electron chi connectivity index (χ0n) is 9.80. The van der Waals surface area contributed by atoms with Crippen molar-refractivity contribution in [1.82, 2.24) is 4.90 Å². The largest absolute Gasteiger partial charge is 0.379 e. The van der Waals surface area contributed by atoms with E-state index in [0.717, 1.165) is 32.7 Å². The molecule has 0 saturated carbocycles. The van der Waals surface area contributed by atoms with Gasteiger partial charge >= 0.3 is 0 Å². The Morgan fingerprint density at radius 2 is 2.20 bits per heavy atom. The molecule has 0 amide bonds. The molecule has 0 N–H and O–H groups in total. The summed E-state index contributed by atoms with van der Waals surface area (Å²) in [6.07, 6.45) is 2.36. The Kier molecular flexibility index (Phi) is 5.90. The van der Waals surface area contributed by atoms with Crippen LogP contribution in [0.25, 0.3) is 0 Å². The number of ether oxygens (including phenoxy) is 2. The molecule has 0 radical (unpaired) electrons. The van der Waals surface area contributed by atoms with Gasteiger partial charge < -0.3 is 9.47 Å². The fraction of sp³-hybridized carbons (Fsp3) is 1.00. The second-order valence-electron chi connectivity index (χ2n) is 4.34. The number of halogens is 1. The highest BCUT2D eigenvalue weighted by Gasteiger charge is 2.30. The van der Waals surface area contributed by atoms with Crippen LogP contribution in [-0.2, 0) is 9.47 Å². The van der Waals surface area contributed by atoms with Gasteiger partial charge in [-0.3, -0.25) is 4.90 Å². The van der Waals surface area contributed by atoms with E-state index in [0.29, 0.717) is 12.5 Å². The molecule has 0 aromatic rings. The molecule has 90 valence electrons. The maximum Gasteiger partial charge on any atom is 0.0777 e. The van der Waals surface area contributed by atoms with Crippen LogP contribution in [0.15, 0.2) is 0 Å². The summed E-state index contributed by atoms with van der Waals surface area (Å²) in [6, 6.07) is 0. The van der Waals surface area contributed by atoms with Gasteiger partial charge in [-0.05, 0) is 26.3 Å². The lowest BCUT2D eigenvalue weighted by molar-refractivity contribution is -0.0550. The minimum atomic E-state index is 0.0325. The van der Waals surface area contributed by atoms with Crippen molar-refractivity contribution in [3.8, 4) is 0 Å². The van der Waals surface area contributed by atoms with E-state index in [4.69, 9.17) is 21.1 Å². The van der Waals surface area contributed by atoms with Crippen molar-refractivity contribution in [3.63, 3.8) is 0 Å². The lowest BCUT2D eigenvalue weighted by atomic mass is 9.95. The van der Waals surface area contributed by atoms with Crippen LogP contribution in [0, 0.1) is 0 Å². The first-order chi connectivity index (χ1) is 7.20. The molecule has 15 heavy (non-hydrogen) atoms. The Hall–Kier alpha value is 0.170. The summed E-state index contributed by atoms with van der Waals surface area (Å²) in [4.78, 5) is 2.40. The lowest BCUT2D eigenvalue weighted by Crippen LogP contribution is -2.48. The van der Waals surface area contributed by atoms with Crippen molar-refractivity contribution < 1.29 is 9.47 Å². The van der Waals surface area contributed by atoms with E-state index in [1.54, 1.807) is 7.11 Å². The van der Waals surface area contributed by atoms with Crippen molar-refractivity contribution >= 4 is 11.6 Å². The van der Waals surface area contributed by atoms with Crippen LogP contribution in [0.2, 0.25) is 0 Å². The fourth-order valence-electron chi connectivity index (χ4n) is 2.02. The van der Waals surface area contributed by atoms with Gasteiger partial charge in [0.15, 0.2) is 0 Å². The minimum Gasteiger partial charge on any atom is -0.379 e. The van der Waals surface area contributed by atoms with Gasteiger partial charge in [0, 0.05) is 26.1 Å². The van der Waals surface area contributed by atoms with E-state index >= 15 is 0 Å². The first-order valence-electron chi connectivity index (χ1n) is 5.61. The molecule has 0 aliphatic carbocycles. The van der Waals surface area contributed by atoms with E-state index in [1.807, 2.05) is 0 Å². The fourth-order valence-corrected chi connectivity index (χ4v) is 2.12. The molecule has 1 aliphatic heterocycles. The van der Waals surface area contributed by atoms with E-state index in [-0.39, 0.29) is 5.60 Å². The Morgan fingerprint density at radius 3 is 2.87 bits per heavy atom. The zero-order valence-corrected chi connectivity index (χ0v) is 10.6. The second-order valence-corrected chi connectivity index (χ2v) is 4.71. The molecule has 0 bridgehead atoms. The number of hydrogen-bond acceptors (Lipinski definition) is 3.